The number of ketones is 1. The Labute approximate surface area is 161 Å². The van der Waals surface area contributed by atoms with Crippen LogP contribution in [0.3, 0.4) is 0 Å². The smallest absolute Gasteiger partial charge is 0.290 e. The molecule has 1 aliphatic heterocycles. The fourth-order valence-corrected chi connectivity index (χ4v) is 4.17. The van der Waals surface area contributed by atoms with Crippen molar-refractivity contribution in [2.75, 3.05) is 6.54 Å². The van der Waals surface area contributed by atoms with Crippen LogP contribution in [0.1, 0.15) is 51.7 Å². The first-order valence-electron chi connectivity index (χ1n) is 8.83. The van der Waals surface area contributed by atoms with E-state index in [0.717, 1.165) is 17.8 Å². The van der Waals surface area contributed by atoms with Crippen LogP contribution < -0.4 is 0 Å². The van der Waals surface area contributed by atoms with Gasteiger partial charge in [0.25, 0.3) is 5.91 Å². The topological polar surface area (TPSA) is 70.5 Å². The number of nitrogens with zero attached hydrogens (tertiary/aromatic N) is 2. The molecule has 7 heteroatoms. The molecular weight excluding hydrogens is 367 g/mol. The van der Waals surface area contributed by atoms with Gasteiger partial charge in [-0.15, -0.1) is 11.3 Å². The van der Waals surface area contributed by atoms with Gasteiger partial charge in [-0.25, -0.2) is 9.37 Å². The largest absolute Gasteiger partial charge is 0.503 e. The minimum absolute atomic E-state index is 0.0365. The molecule has 0 bridgehead atoms. The highest BCUT2D eigenvalue weighted by molar-refractivity contribution is 7.14. The van der Waals surface area contributed by atoms with Crippen molar-refractivity contribution in [1.82, 2.24) is 9.88 Å². The second-order valence-corrected chi connectivity index (χ2v) is 7.75. The molecule has 0 spiro atoms. The van der Waals surface area contributed by atoms with Crippen LogP contribution in [0.15, 0.2) is 35.6 Å². The van der Waals surface area contributed by atoms with Crippen LogP contribution in [0.4, 0.5) is 4.39 Å². The van der Waals surface area contributed by atoms with Crippen molar-refractivity contribution in [2.24, 2.45) is 0 Å². The molecule has 0 saturated heterocycles. The van der Waals surface area contributed by atoms with Crippen molar-refractivity contribution >= 4 is 23.0 Å². The van der Waals surface area contributed by atoms with Gasteiger partial charge in [-0.2, -0.15) is 0 Å². The summed E-state index contributed by atoms with van der Waals surface area (Å²) in [4.78, 5) is 32.1. The number of aryl methyl sites for hydroxylation is 2. The van der Waals surface area contributed by atoms with Crippen molar-refractivity contribution in [3.05, 3.63) is 62.6 Å². The van der Waals surface area contributed by atoms with Crippen molar-refractivity contribution in [2.45, 2.75) is 39.7 Å². The standard InChI is InChI=1S/C20H21FN2O3S/c1-4-5-10-23-16(13-6-8-14(21)9-7-13)15(18(25)20(23)26)17(24)19-11(2)22-12(3)27-19/h6-9,16,25H,4-5,10H2,1-3H3. The first kappa shape index (κ1) is 19.2. The summed E-state index contributed by atoms with van der Waals surface area (Å²) >= 11 is 1.24. The van der Waals surface area contributed by atoms with E-state index in [1.807, 2.05) is 6.92 Å². The van der Waals surface area contributed by atoms with Gasteiger partial charge in [0.2, 0.25) is 5.78 Å². The normalized spacial score (nSPS) is 17.1. The molecule has 1 aliphatic rings. The van der Waals surface area contributed by atoms with E-state index in [1.54, 1.807) is 26.0 Å². The first-order chi connectivity index (χ1) is 12.8. The zero-order chi connectivity index (χ0) is 19.7. The first-order valence-corrected chi connectivity index (χ1v) is 9.65. The van der Waals surface area contributed by atoms with Crippen LogP contribution in [-0.4, -0.2) is 33.2 Å². The fourth-order valence-electron chi connectivity index (χ4n) is 3.30. The lowest BCUT2D eigenvalue weighted by molar-refractivity contribution is -0.129. The number of carbonyl (C=O) groups excluding carboxylic acids is 2. The summed E-state index contributed by atoms with van der Waals surface area (Å²) in [5.74, 6) is -1.91. The van der Waals surface area contributed by atoms with Gasteiger partial charge in [-0.3, -0.25) is 9.59 Å². The second-order valence-electron chi connectivity index (χ2n) is 6.55. The molecule has 1 aromatic heterocycles. The Kier molecular flexibility index (Phi) is 5.41. The van der Waals surface area contributed by atoms with Gasteiger partial charge in [0.1, 0.15) is 5.82 Å². The van der Waals surface area contributed by atoms with E-state index < -0.39 is 29.3 Å². The van der Waals surface area contributed by atoms with Crippen molar-refractivity contribution < 1.29 is 19.1 Å². The molecule has 0 radical (unpaired) electrons. The SMILES string of the molecule is CCCCN1C(=O)C(O)=C(C(=O)c2sc(C)nc2C)C1c1ccc(F)cc1. The molecular formula is C20H21FN2O3S. The third-order valence-electron chi connectivity index (χ3n) is 4.60. The lowest BCUT2D eigenvalue weighted by Gasteiger charge is -2.26. The maximum absolute atomic E-state index is 13.4. The lowest BCUT2D eigenvalue weighted by atomic mass is 9.95. The Morgan fingerprint density at radius 1 is 1.30 bits per heavy atom. The van der Waals surface area contributed by atoms with Crippen molar-refractivity contribution in [3.8, 4) is 0 Å². The predicted octanol–water partition coefficient (Wildman–Crippen LogP) is 4.28. The molecule has 0 saturated carbocycles. The molecule has 2 heterocycles. The molecule has 1 atom stereocenters. The summed E-state index contributed by atoms with van der Waals surface area (Å²) in [6.07, 6.45) is 1.59. The van der Waals surface area contributed by atoms with Gasteiger partial charge in [0.05, 0.1) is 27.2 Å². The van der Waals surface area contributed by atoms with Crippen LogP contribution in [0.2, 0.25) is 0 Å². The molecule has 0 aliphatic carbocycles. The summed E-state index contributed by atoms with van der Waals surface area (Å²) in [5, 5.41) is 11.3. The van der Waals surface area contributed by atoms with E-state index in [1.165, 1.54) is 28.4 Å². The number of amides is 1. The average Bonchev–Trinajstić information content (AvgIpc) is 3.10. The Hall–Kier alpha value is -2.54. The quantitative estimate of drug-likeness (QED) is 0.750. The van der Waals surface area contributed by atoms with Crippen molar-refractivity contribution in [3.63, 3.8) is 0 Å². The molecule has 27 heavy (non-hydrogen) atoms. The van der Waals surface area contributed by atoms with E-state index in [2.05, 4.69) is 4.98 Å². The van der Waals surface area contributed by atoms with Gasteiger partial charge in [0.15, 0.2) is 5.76 Å². The van der Waals surface area contributed by atoms with E-state index in [9.17, 15) is 19.1 Å². The minimum atomic E-state index is -0.737. The number of rotatable bonds is 6. The predicted molar refractivity (Wildman–Crippen MR) is 101 cm³/mol. The monoisotopic (exact) mass is 388 g/mol. The molecule has 1 aromatic carbocycles. The average molecular weight is 388 g/mol. The summed E-state index contributed by atoms with van der Waals surface area (Å²) in [7, 11) is 0. The number of halogens is 1. The number of Topliss-reactive ketones (excluding diaryl/α,β-unsaturated/α-hetero) is 1. The summed E-state index contributed by atoms with van der Waals surface area (Å²) in [6.45, 7) is 5.93. The van der Waals surface area contributed by atoms with Gasteiger partial charge in [0, 0.05) is 6.54 Å². The zero-order valence-electron chi connectivity index (χ0n) is 15.5. The Morgan fingerprint density at radius 3 is 2.52 bits per heavy atom. The molecule has 1 N–H and O–H groups in total. The van der Waals surface area contributed by atoms with Gasteiger partial charge >= 0.3 is 0 Å². The number of aliphatic hydroxyl groups excluding tert-OH is 1. The van der Waals surface area contributed by atoms with Crippen molar-refractivity contribution in [1.29, 1.82) is 0 Å². The number of carbonyl (C=O) groups is 2. The Bertz CT molecular complexity index is 918. The van der Waals surface area contributed by atoms with E-state index in [0.29, 0.717) is 22.7 Å². The van der Waals surface area contributed by atoms with E-state index in [-0.39, 0.29) is 5.57 Å². The minimum Gasteiger partial charge on any atom is -0.503 e. The zero-order valence-corrected chi connectivity index (χ0v) is 16.3. The highest BCUT2D eigenvalue weighted by Gasteiger charge is 2.44. The van der Waals surface area contributed by atoms with Gasteiger partial charge < -0.3 is 10.0 Å². The molecule has 142 valence electrons. The van der Waals surface area contributed by atoms with Crippen LogP contribution in [0, 0.1) is 19.7 Å². The van der Waals surface area contributed by atoms with Crippen LogP contribution >= 0.6 is 11.3 Å². The maximum atomic E-state index is 13.4. The molecule has 2 aromatic rings. The van der Waals surface area contributed by atoms with Crippen LogP contribution in [0.5, 0.6) is 0 Å². The Balaban J connectivity index is 2.10. The molecule has 0 fully saturated rings. The molecule has 1 amide bonds. The number of thiazole rings is 1. The summed E-state index contributed by atoms with van der Waals surface area (Å²) in [6, 6.07) is 4.93. The number of aromatic nitrogens is 1. The van der Waals surface area contributed by atoms with E-state index >= 15 is 0 Å². The fraction of sp³-hybridized carbons (Fsp3) is 0.350. The third-order valence-corrected chi connectivity index (χ3v) is 5.67. The lowest BCUT2D eigenvalue weighted by Crippen LogP contribution is -2.32. The van der Waals surface area contributed by atoms with Crippen LogP contribution in [0.25, 0.3) is 0 Å². The van der Waals surface area contributed by atoms with E-state index in [4.69, 9.17) is 0 Å². The highest BCUT2D eigenvalue weighted by Crippen LogP contribution is 2.40. The Morgan fingerprint density at radius 2 is 1.96 bits per heavy atom. The highest BCUT2D eigenvalue weighted by atomic mass is 32.1. The number of benzene rings is 1. The molecule has 3 rings (SSSR count). The maximum Gasteiger partial charge on any atom is 0.290 e. The van der Waals surface area contributed by atoms with Gasteiger partial charge in [-0.1, -0.05) is 25.5 Å². The molecule has 5 nitrogen and oxygen atoms in total. The number of unbranched alkanes of at least 4 members (excludes halogenated alkanes) is 1. The summed E-state index contributed by atoms with van der Waals surface area (Å²) < 4.78 is 13.4. The van der Waals surface area contributed by atoms with Gasteiger partial charge in [-0.05, 0) is 38.0 Å². The summed E-state index contributed by atoms with van der Waals surface area (Å²) in [5.41, 5.74) is 1.20. The number of hydrogen-bond donors (Lipinski definition) is 1. The molecule has 1 unspecified atom stereocenters. The number of hydrogen-bond acceptors (Lipinski definition) is 5. The second kappa shape index (κ2) is 7.60. The van der Waals surface area contributed by atoms with Crippen LogP contribution in [-0.2, 0) is 4.79 Å². The third kappa shape index (κ3) is 3.51. The number of aliphatic hydroxyl groups is 1.